The molecule has 0 heterocycles. The summed E-state index contributed by atoms with van der Waals surface area (Å²) in [7, 11) is 9.87. The first-order valence-electron chi connectivity index (χ1n) is 12.2. The first kappa shape index (κ1) is 40.6. The molecular weight excluding hydrogens is 867 g/mol. The van der Waals surface area contributed by atoms with Gasteiger partial charge in [0.2, 0.25) is 0 Å². The van der Waals surface area contributed by atoms with Gasteiger partial charge in [-0.1, -0.05) is 85.1 Å². The quantitative estimate of drug-likeness (QED) is 0.192. The van der Waals surface area contributed by atoms with Crippen molar-refractivity contribution in [1.29, 1.82) is 0 Å². The molecule has 0 aromatic rings. The SMILES string of the molecule is CC.CC.CC(C)(C1CC2C=CC=CC2C1)C1CCC2CCCCC21.I[I-]I.[CH3-].[CH3-].[Cl][Zr+2][Cl]. The molecule has 4 aliphatic carbocycles. The summed E-state index contributed by atoms with van der Waals surface area (Å²) in [6.07, 6.45) is 21.6. The van der Waals surface area contributed by atoms with E-state index in [1.54, 1.807) is 6.42 Å². The summed E-state index contributed by atoms with van der Waals surface area (Å²) in [5.41, 5.74) is 0.565. The summed E-state index contributed by atoms with van der Waals surface area (Å²) in [5.74, 6) is 5.83. The number of hydrogen-bond donors (Lipinski definition) is 0. The van der Waals surface area contributed by atoms with Crippen molar-refractivity contribution >= 4 is 54.3 Å². The molecular formula is C27H50Cl2I3Zr-. The van der Waals surface area contributed by atoms with Gasteiger partial charge in [0.05, 0.1) is 0 Å². The normalized spacial score (nSPS) is 30.4. The Morgan fingerprint density at radius 2 is 1.24 bits per heavy atom. The fourth-order valence-corrected chi connectivity index (χ4v) is 6.53. The Bertz CT molecular complexity index is 478. The molecule has 4 rings (SSSR count). The molecule has 0 radical (unpaired) electrons. The zero-order valence-corrected chi connectivity index (χ0v) is 32.8. The van der Waals surface area contributed by atoms with Gasteiger partial charge in [-0.15, -0.1) is 0 Å². The van der Waals surface area contributed by atoms with Gasteiger partial charge in [0.1, 0.15) is 0 Å². The average Bonchev–Trinajstić information content (AvgIpc) is 3.43. The summed E-state index contributed by atoms with van der Waals surface area (Å²) < 4.78 is 0. The van der Waals surface area contributed by atoms with E-state index in [9.17, 15) is 0 Å². The molecule has 0 nitrogen and oxygen atoms in total. The van der Waals surface area contributed by atoms with Gasteiger partial charge >= 0.3 is 88.4 Å². The van der Waals surface area contributed by atoms with Crippen molar-refractivity contribution in [2.45, 2.75) is 92.9 Å². The van der Waals surface area contributed by atoms with Crippen molar-refractivity contribution in [2.24, 2.45) is 40.9 Å². The molecule has 0 saturated heterocycles. The van der Waals surface area contributed by atoms with Gasteiger partial charge in [0.25, 0.3) is 0 Å². The van der Waals surface area contributed by atoms with Gasteiger partial charge in [0.15, 0.2) is 0 Å². The Kier molecular flexibility index (Phi) is 29.8. The van der Waals surface area contributed by atoms with Gasteiger partial charge in [0, 0.05) is 0 Å². The monoisotopic (exact) mass is 915 g/mol. The summed E-state index contributed by atoms with van der Waals surface area (Å²) in [5, 5.41) is 0. The molecule has 0 aromatic carbocycles. The molecule has 0 bridgehead atoms. The summed E-state index contributed by atoms with van der Waals surface area (Å²) >= 11 is 4.47. The Morgan fingerprint density at radius 1 is 0.818 bits per heavy atom. The van der Waals surface area contributed by atoms with E-state index in [-0.39, 0.29) is 14.9 Å². The molecule has 0 spiro atoms. The molecule has 198 valence electrons. The van der Waals surface area contributed by atoms with Crippen molar-refractivity contribution in [2.75, 3.05) is 0 Å². The van der Waals surface area contributed by atoms with Crippen molar-refractivity contribution in [3.8, 4) is 0 Å². The molecule has 6 heteroatoms. The predicted molar refractivity (Wildman–Crippen MR) is 165 cm³/mol. The minimum absolute atomic E-state index is 0. The molecule has 0 amide bonds. The minimum atomic E-state index is -0.826. The third-order valence-electron chi connectivity index (χ3n) is 7.83. The molecule has 3 saturated carbocycles. The molecule has 0 aromatic heterocycles. The van der Waals surface area contributed by atoms with Crippen molar-refractivity contribution < 1.29 is 34.1 Å². The fourth-order valence-electron chi connectivity index (χ4n) is 6.53. The molecule has 5 atom stereocenters. The van der Waals surface area contributed by atoms with Crippen LogP contribution in [0.25, 0.3) is 0 Å². The van der Waals surface area contributed by atoms with Gasteiger partial charge in [-0.2, -0.15) is 0 Å². The van der Waals surface area contributed by atoms with Crippen LogP contribution in [0, 0.1) is 55.8 Å². The van der Waals surface area contributed by atoms with Crippen LogP contribution < -0.4 is 13.3 Å². The summed E-state index contributed by atoms with van der Waals surface area (Å²) in [6.45, 7) is 13.3. The van der Waals surface area contributed by atoms with Crippen LogP contribution in [0.1, 0.15) is 92.9 Å². The summed E-state index contributed by atoms with van der Waals surface area (Å²) in [6, 6.07) is 0. The fraction of sp³-hybridized carbons (Fsp3) is 0.778. The first-order chi connectivity index (χ1) is 15.0. The second kappa shape index (κ2) is 24.2. The van der Waals surface area contributed by atoms with Crippen LogP contribution in [0.3, 0.4) is 0 Å². The molecule has 4 aliphatic rings. The summed E-state index contributed by atoms with van der Waals surface area (Å²) in [4.78, 5) is 0. The van der Waals surface area contributed by atoms with Gasteiger partial charge in [-0.3, -0.25) is 0 Å². The average molecular weight is 918 g/mol. The Morgan fingerprint density at radius 3 is 1.70 bits per heavy atom. The van der Waals surface area contributed by atoms with E-state index in [4.69, 9.17) is 17.0 Å². The maximum absolute atomic E-state index is 4.93. The maximum atomic E-state index is 4.93. The Balaban J connectivity index is -0.000000659. The van der Waals surface area contributed by atoms with Crippen molar-refractivity contribution in [3.63, 3.8) is 0 Å². The van der Waals surface area contributed by atoms with E-state index in [1.807, 2.05) is 27.7 Å². The van der Waals surface area contributed by atoms with Crippen LogP contribution in [0.15, 0.2) is 24.3 Å². The van der Waals surface area contributed by atoms with Gasteiger partial charge in [-0.25, -0.2) is 0 Å². The molecule has 0 N–H and O–H groups in total. The molecule has 5 unspecified atom stereocenters. The number of halogens is 5. The van der Waals surface area contributed by atoms with Crippen LogP contribution in [0.4, 0.5) is 0 Å². The van der Waals surface area contributed by atoms with Crippen molar-refractivity contribution in [1.82, 2.24) is 0 Å². The number of allylic oxidation sites excluding steroid dienone is 4. The van der Waals surface area contributed by atoms with E-state index >= 15 is 0 Å². The van der Waals surface area contributed by atoms with Gasteiger partial charge < -0.3 is 14.9 Å². The van der Waals surface area contributed by atoms with Crippen LogP contribution >= 0.6 is 54.3 Å². The topological polar surface area (TPSA) is 0 Å². The van der Waals surface area contributed by atoms with E-state index < -0.39 is 20.8 Å². The third kappa shape index (κ3) is 13.2. The number of fused-ring (bicyclic) bond motifs is 2. The standard InChI is InChI=1S/C21H32.2C2H6.2CH3.2ClH.I3.Zr/c1-21(2,18-13-16-8-3-4-9-17(16)14-18)20-12-11-15-7-5-6-10-19(15)20;2*1-2;;;;;1-3-2;/h3-4,8-9,15-20H,5-7,10-14H2,1-2H3;2*1-2H3;2*1H3;2*1H;;/q;;;2*-1;;;-1;+4/p-2. The Labute approximate surface area is 257 Å². The molecule has 3 fully saturated rings. The molecule has 33 heavy (non-hydrogen) atoms. The Hall–Kier alpha value is 3.13. The zero-order chi connectivity index (χ0) is 23.9. The number of hydrogen-bond acceptors (Lipinski definition) is 0. The van der Waals surface area contributed by atoms with Crippen LogP contribution in [0.5, 0.6) is 0 Å². The van der Waals surface area contributed by atoms with E-state index in [2.05, 4.69) is 75.4 Å². The van der Waals surface area contributed by atoms with Crippen LogP contribution in [0.2, 0.25) is 0 Å². The van der Waals surface area contributed by atoms with Crippen LogP contribution in [-0.4, -0.2) is 0 Å². The van der Waals surface area contributed by atoms with Gasteiger partial charge in [-0.05, 0) is 73.0 Å². The third-order valence-corrected chi connectivity index (χ3v) is 7.83. The predicted octanol–water partition coefficient (Wildman–Crippen LogP) is 9.10. The molecule has 0 aliphatic heterocycles. The van der Waals surface area contributed by atoms with Crippen LogP contribution in [-0.2, 0) is 20.8 Å². The number of rotatable bonds is 2. The van der Waals surface area contributed by atoms with E-state index in [1.165, 1.54) is 44.9 Å². The second-order valence-electron chi connectivity index (χ2n) is 9.10. The second-order valence-corrected chi connectivity index (χ2v) is 29.1. The zero-order valence-electron chi connectivity index (χ0n) is 22.3. The van der Waals surface area contributed by atoms with Crippen molar-refractivity contribution in [3.05, 3.63) is 39.2 Å². The van der Waals surface area contributed by atoms with E-state index in [0.717, 1.165) is 35.5 Å². The first-order valence-corrected chi connectivity index (χ1v) is 31.1. The van der Waals surface area contributed by atoms with E-state index in [0.29, 0.717) is 18.7 Å².